The van der Waals surface area contributed by atoms with E-state index in [-0.39, 0.29) is 26.1 Å². The Bertz CT molecular complexity index is 1430. The van der Waals surface area contributed by atoms with E-state index >= 15 is 0 Å². The summed E-state index contributed by atoms with van der Waals surface area (Å²) in [5.74, 6) is -0.842. The monoisotopic (exact) mass is 1060 g/mol. The fraction of sp³-hybridized carbons (Fsp3) is 0.812. The maximum absolute atomic E-state index is 12.8. The molecule has 0 saturated carbocycles. The van der Waals surface area contributed by atoms with E-state index < -0.39 is 32.5 Å². The Hall–Kier alpha value is -2.29. The molecule has 432 valence electrons. The van der Waals surface area contributed by atoms with Gasteiger partial charge in [-0.25, -0.2) is 0 Å². The molecule has 0 saturated heterocycles. The van der Waals surface area contributed by atoms with Crippen molar-refractivity contribution in [1.29, 1.82) is 0 Å². The fourth-order valence-corrected chi connectivity index (χ4v) is 9.43. The van der Waals surface area contributed by atoms with Gasteiger partial charge < -0.3 is 27.9 Å². The van der Waals surface area contributed by atoms with Gasteiger partial charge in [-0.2, -0.15) is 0 Å². The van der Waals surface area contributed by atoms with Crippen LogP contribution in [0.5, 0.6) is 0 Å². The van der Waals surface area contributed by atoms with Crippen molar-refractivity contribution in [3.8, 4) is 0 Å². The Kier molecular flexibility index (Phi) is 53.7. The number of allylic oxidation sites excluding steroid dienone is 10. The molecule has 0 aromatic carbocycles. The number of quaternary nitrogens is 1. The van der Waals surface area contributed by atoms with Gasteiger partial charge in [0.1, 0.15) is 19.8 Å². The van der Waals surface area contributed by atoms with E-state index in [0.29, 0.717) is 23.9 Å². The second-order valence-electron chi connectivity index (χ2n) is 22.1. The molecule has 9 nitrogen and oxygen atoms in total. The van der Waals surface area contributed by atoms with E-state index in [2.05, 4.69) is 74.6 Å². The van der Waals surface area contributed by atoms with Crippen LogP contribution in [0.25, 0.3) is 0 Å². The molecule has 0 aliphatic heterocycles. The minimum Gasteiger partial charge on any atom is -0.756 e. The predicted octanol–water partition coefficient (Wildman–Crippen LogP) is 18.9. The fourth-order valence-electron chi connectivity index (χ4n) is 8.70. The summed E-state index contributed by atoms with van der Waals surface area (Å²) in [5.41, 5.74) is 0. The molecule has 0 N–H and O–H groups in total. The summed E-state index contributed by atoms with van der Waals surface area (Å²) in [6.07, 6.45) is 71.6. The van der Waals surface area contributed by atoms with Crippen LogP contribution in [-0.4, -0.2) is 70.0 Å². The zero-order valence-corrected chi connectivity index (χ0v) is 49.9. The SMILES string of the molecule is CCC/C=C\C/C=C\CCCCCCCC(=O)OCC(COP(=O)([O-])OCC[N+](C)(C)C)OC(=O)CCCCCCCCCCCCCCCCCCCCCCCC/C=C\C/C=C\C/C=C\CCCCCCC. The molecule has 0 aromatic rings. The van der Waals surface area contributed by atoms with E-state index in [9.17, 15) is 19.0 Å². The van der Waals surface area contributed by atoms with Crippen molar-refractivity contribution in [2.75, 3.05) is 47.5 Å². The average molecular weight is 1060 g/mol. The van der Waals surface area contributed by atoms with Crippen LogP contribution in [0.4, 0.5) is 0 Å². The van der Waals surface area contributed by atoms with Crippen molar-refractivity contribution in [3.05, 3.63) is 60.8 Å². The standard InChI is InChI=1S/C64H118NO8P/c1-6-8-10-12-14-16-18-20-21-22-23-24-25-26-27-28-29-30-31-32-33-34-35-36-37-38-39-40-41-42-43-45-47-49-51-53-55-57-64(67)73-62(61-72-74(68,69)71-59-58-65(3,4)5)60-70-63(66)56-54-52-50-48-46-44-19-17-15-13-11-9-7-2/h11,13,17-20,22-23,25-26,62H,6-10,12,14-16,21,24,27-61H2,1-5H3/b13-11-,19-17-,20-18-,23-22-,26-25-. The van der Waals surface area contributed by atoms with Gasteiger partial charge in [-0.05, 0) is 77.0 Å². The predicted molar refractivity (Wildman–Crippen MR) is 314 cm³/mol. The number of hydrogen-bond donors (Lipinski definition) is 0. The van der Waals surface area contributed by atoms with Crippen LogP contribution in [-0.2, 0) is 32.7 Å². The molecule has 0 spiro atoms. The van der Waals surface area contributed by atoms with E-state index in [1.165, 1.54) is 167 Å². The summed E-state index contributed by atoms with van der Waals surface area (Å²) in [4.78, 5) is 37.8. The second-order valence-corrected chi connectivity index (χ2v) is 23.5. The van der Waals surface area contributed by atoms with Crippen LogP contribution in [0.1, 0.15) is 284 Å². The third-order valence-electron chi connectivity index (χ3n) is 13.5. The van der Waals surface area contributed by atoms with Gasteiger partial charge in [0, 0.05) is 12.8 Å². The molecule has 0 heterocycles. The normalized spacial score (nSPS) is 13.6. The number of phosphoric ester groups is 1. The molecular formula is C64H118NO8P. The topological polar surface area (TPSA) is 111 Å². The lowest BCUT2D eigenvalue weighted by Gasteiger charge is -2.28. The number of unbranched alkanes of at least 4 members (excludes halogenated alkanes) is 33. The Morgan fingerprint density at radius 3 is 1.14 bits per heavy atom. The second kappa shape index (κ2) is 55.5. The summed E-state index contributed by atoms with van der Waals surface area (Å²) in [7, 11) is 1.16. The molecule has 2 unspecified atom stereocenters. The van der Waals surface area contributed by atoms with Gasteiger partial charge in [-0.15, -0.1) is 0 Å². The van der Waals surface area contributed by atoms with Gasteiger partial charge in [0.05, 0.1) is 27.7 Å². The van der Waals surface area contributed by atoms with E-state index in [4.69, 9.17) is 18.5 Å². The van der Waals surface area contributed by atoms with Crippen molar-refractivity contribution in [3.63, 3.8) is 0 Å². The third kappa shape index (κ3) is 59.0. The maximum Gasteiger partial charge on any atom is 0.306 e. The van der Waals surface area contributed by atoms with Gasteiger partial charge in [0.15, 0.2) is 6.10 Å². The van der Waals surface area contributed by atoms with E-state index in [1.807, 2.05) is 21.1 Å². The highest BCUT2D eigenvalue weighted by Gasteiger charge is 2.22. The van der Waals surface area contributed by atoms with Crippen molar-refractivity contribution in [1.82, 2.24) is 0 Å². The van der Waals surface area contributed by atoms with Crippen LogP contribution < -0.4 is 4.89 Å². The van der Waals surface area contributed by atoms with Crippen molar-refractivity contribution < 1.29 is 42.1 Å². The number of esters is 2. The number of hydrogen-bond acceptors (Lipinski definition) is 8. The summed E-state index contributed by atoms with van der Waals surface area (Å²) < 4.78 is 34.1. The van der Waals surface area contributed by atoms with Crippen molar-refractivity contribution in [2.45, 2.75) is 290 Å². The highest BCUT2D eigenvalue weighted by atomic mass is 31.2. The van der Waals surface area contributed by atoms with E-state index in [0.717, 1.165) is 77.0 Å². The Balaban J connectivity index is 3.93. The number of phosphoric acid groups is 1. The minimum atomic E-state index is -4.64. The molecule has 74 heavy (non-hydrogen) atoms. The van der Waals surface area contributed by atoms with Crippen LogP contribution in [0, 0.1) is 0 Å². The summed E-state index contributed by atoms with van der Waals surface area (Å²) >= 11 is 0. The largest absolute Gasteiger partial charge is 0.756 e. The summed E-state index contributed by atoms with van der Waals surface area (Å²) in [6, 6.07) is 0. The molecule has 0 aliphatic carbocycles. The zero-order valence-electron chi connectivity index (χ0n) is 49.0. The van der Waals surface area contributed by atoms with E-state index in [1.54, 1.807) is 0 Å². The van der Waals surface area contributed by atoms with Gasteiger partial charge >= 0.3 is 11.9 Å². The summed E-state index contributed by atoms with van der Waals surface area (Å²) in [6.45, 7) is 4.16. The smallest absolute Gasteiger partial charge is 0.306 e. The highest BCUT2D eigenvalue weighted by Crippen LogP contribution is 2.38. The Labute approximate surface area is 457 Å². The van der Waals surface area contributed by atoms with Crippen LogP contribution in [0.3, 0.4) is 0 Å². The first-order valence-corrected chi connectivity index (χ1v) is 32.5. The Morgan fingerprint density at radius 1 is 0.419 bits per heavy atom. The number of carbonyl (C=O) groups is 2. The molecule has 0 fully saturated rings. The molecule has 10 heteroatoms. The van der Waals surface area contributed by atoms with Crippen molar-refractivity contribution >= 4 is 19.8 Å². The number of ether oxygens (including phenoxy) is 2. The molecule has 0 aliphatic rings. The lowest BCUT2D eigenvalue weighted by atomic mass is 10.0. The first-order chi connectivity index (χ1) is 36.0. The minimum absolute atomic E-state index is 0.0331. The molecule has 0 amide bonds. The van der Waals surface area contributed by atoms with Crippen LogP contribution in [0.2, 0.25) is 0 Å². The van der Waals surface area contributed by atoms with Crippen LogP contribution >= 0.6 is 7.82 Å². The highest BCUT2D eigenvalue weighted by molar-refractivity contribution is 7.45. The first kappa shape index (κ1) is 71.7. The van der Waals surface area contributed by atoms with Crippen molar-refractivity contribution in [2.24, 2.45) is 0 Å². The molecule has 0 rings (SSSR count). The van der Waals surface area contributed by atoms with Crippen LogP contribution in [0.15, 0.2) is 60.8 Å². The quantitative estimate of drug-likeness (QED) is 0.0195. The average Bonchev–Trinajstić information content (AvgIpc) is 3.36. The van der Waals surface area contributed by atoms with Gasteiger partial charge in [-0.1, -0.05) is 254 Å². The number of nitrogens with zero attached hydrogens (tertiary/aromatic N) is 1. The van der Waals surface area contributed by atoms with Gasteiger partial charge in [0.2, 0.25) is 0 Å². The number of carbonyl (C=O) groups excluding carboxylic acids is 2. The molecule has 0 radical (unpaired) electrons. The third-order valence-corrected chi connectivity index (χ3v) is 14.5. The maximum atomic E-state index is 12.8. The van der Waals surface area contributed by atoms with Gasteiger partial charge in [0.25, 0.3) is 7.82 Å². The Morgan fingerprint density at radius 2 is 0.757 bits per heavy atom. The first-order valence-electron chi connectivity index (χ1n) is 31.0. The van der Waals surface area contributed by atoms with Gasteiger partial charge in [-0.3, -0.25) is 14.2 Å². The summed E-state index contributed by atoms with van der Waals surface area (Å²) in [5, 5.41) is 0. The number of likely N-dealkylation sites (N-methyl/N-ethyl adjacent to an activating group) is 1. The number of rotatable bonds is 57. The molecular weight excluding hydrogens is 942 g/mol. The molecule has 2 atom stereocenters. The lowest BCUT2D eigenvalue weighted by Crippen LogP contribution is -2.37. The molecule has 0 aromatic heterocycles. The zero-order chi connectivity index (χ0) is 54.2. The molecule has 0 bridgehead atoms. The lowest BCUT2D eigenvalue weighted by molar-refractivity contribution is -0.870.